The number of nitrogens with zero attached hydrogens (tertiary/aromatic N) is 1. The molecule has 1 saturated heterocycles. The summed E-state index contributed by atoms with van der Waals surface area (Å²) in [5, 5.41) is 8.43. The third kappa shape index (κ3) is 4.66. The van der Waals surface area contributed by atoms with Crippen molar-refractivity contribution in [3.05, 3.63) is 17.7 Å². The highest BCUT2D eigenvalue weighted by Gasteiger charge is 2.29. The molecule has 7 heteroatoms. The average molecular weight is 327 g/mol. The Morgan fingerprint density at radius 1 is 1.45 bits per heavy atom. The Balaban J connectivity index is 1.85. The lowest BCUT2D eigenvalue weighted by molar-refractivity contribution is 0.279. The standard InChI is InChI=1S/C15H25N3O3S/c1-11-6-7-13(22(16,19)20)18-14(11)21-8-4-5-12-9-15(2,3)17-10-12/h6-7,12,17H,4-5,8-10H2,1-3H3,(H2,16,19,20)/t12-/m0/s1. The molecule has 1 aliphatic heterocycles. The van der Waals surface area contributed by atoms with Crippen LogP contribution in [0.15, 0.2) is 17.2 Å². The Kier molecular flexibility index (Phi) is 5.09. The zero-order valence-electron chi connectivity index (χ0n) is 13.4. The third-order valence-corrected chi connectivity index (χ3v) is 4.79. The van der Waals surface area contributed by atoms with Gasteiger partial charge in [0.05, 0.1) is 6.61 Å². The Morgan fingerprint density at radius 2 is 2.18 bits per heavy atom. The maximum Gasteiger partial charge on any atom is 0.255 e. The van der Waals surface area contributed by atoms with Gasteiger partial charge in [0.25, 0.3) is 10.0 Å². The maximum atomic E-state index is 11.3. The second-order valence-corrected chi connectivity index (χ2v) is 8.15. The normalized spacial score (nSPS) is 21.0. The van der Waals surface area contributed by atoms with Crippen molar-refractivity contribution < 1.29 is 13.2 Å². The molecule has 0 radical (unpaired) electrons. The summed E-state index contributed by atoms with van der Waals surface area (Å²) in [6, 6.07) is 3.05. The smallest absolute Gasteiger partial charge is 0.255 e. The summed E-state index contributed by atoms with van der Waals surface area (Å²) >= 11 is 0. The van der Waals surface area contributed by atoms with E-state index in [0.717, 1.165) is 24.9 Å². The molecular formula is C15H25N3O3S. The Bertz CT molecular complexity index is 629. The van der Waals surface area contributed by atoms with Crippen molar-refractivity contribution in [1.29, 1.82) is 0 Å². The number of aromatic nitrogens is 1. The summed E-state index contributed by atoms with van der Waals surface area (Å²) < 4.78 is 28.3. The van der Waals surface area contributed by atoms with Crippen LogP contribution in [0.25, 0.3) is 0 Å². The van der Waals surface area contributed by atoms with Gasteiger partial charge in [-0.15, -0.1) is 0 Å². The molecule has 1 aromatic heterocycles. The lowest BCUT2D eigenvalue weighted by atomic mass is 9.94. The molecule has 22 heavy (non-hydrogen) atoms. The second-order valence-electron chi connectivity index (χ2n) is 6.64. The molecule has 0 saturated carbocycles. The number of aryl methyl sites for hydroxylation is 1. The van der Waals surface area contributed by atoms with Gasteiger partial charge >= 0.3 is 0 Å². The number of pyridine rings is 1. The number of hydrogen-bond acceptors (Lipinski definition) is 5. The van der Waals surface area contributed by atoms with E-state index >= 15 is 0 Å². The lowest BCUT2D eigenvalue weighted by Crippen LogP contribution is -2.31. The van der Waals surface area contributed by atoms with E-state index in [4.69, 9.17) is 9.88 Å². The molecule has 1 atom stereocenters. The topological polar surface area (TPSA) is 94.3 Å². The number of sulfonamides is 1. The molecular weight excluding hydrogens is 302 g/mol. The zero-order chi connectivity index (χ0) is 16.4. The van der Waals surface area contributed by atoms with Crippen LogP contribution in [0.2, 0.25) is 0 Å². The monoisotopic (exact) mass is 327 g/mol. The van der Waals surface area contributed by atoms with Gasteiger partial charge in [0.1, 0.15) is 0 Å². The molecule has 3 N–H and O–H groups in total. The van der Waals surface area contributed by atoms with Crippen molar-refractivity contribution in [2.45, 2.75) is 50.6 Å². The molecule has 0 spiro atoms. The van der Waals surface area contributed by atoms with E-state index in [-0.39, 0.29) is 10.6 Å². The van der Waals surface area contributed by atoms with Gasteiger partial charge in [-0.05, 0) is 58.6 Å². The van der Waals surface area contributed by atoms with Crippen molar-refractivity contribution in [2.24, 2.45) is 11.1 Å². The number of hydrogen-bond donors (Lipinski definition) is 2. The van der Waals surface area contributed by atoms with E-state index in [9.17, 15) is 8.42 Å². The summed E-state index contributed by atoms with van der Waals surface area (Å²) in [6.07, 6.45) is 3.18. The highest BCUT2D eigenvalue weighted by Crippen LogP contribution is 2.26. The molecule has 0 aromatic carbocycles. The molecule has 2 rings (SSSR count). The van der Waals surface area contributed by atoms with Crippen LogP contribution < -0.4 is 15.2 Å². The van der Waals surface area contributed by atoms with Crippen LogP contribution in [-0.2, 0) is 10.0 Å². The van der Waals surface area contributed by atoms with E-state index in [1.165, 1.54) is 12.5 Å². The van der Waals surface area contributed by atoms with Gasteiger partial charge in [0, 0.05) is 11.1 Å². The highest BCUT2D eigenvalue weighted by molar-refractivity contribution is 7.89. The van der Waals surface area contributed by atoms with Crippen molar-refractivity contribution in [3.8, 4) is 5.88 Å². The predicted molar refractivity (Wildman–Crippen MR) is 85.3 cm³/mol. The number of nitrogens with two attached hydrogens (primary N) is 1. The van der Waals surface area contributed by atoms with Crippen molar-refractivity contribution in [1.82, 2.24) is 10.3 Å². The number of primary sulfonamides is 1. The molecule has 2 heterocycles. The van der Waals surface area contributed by atoms with Gasteiger partial charge in [0.2, 0.25) is 5.88 Å². The van der Waals surface area contributed by atoms with Crippen molar-refractivity contribution in [3.63, 3.8) is 0 Å². The van der Waals surface area contributed by atoms with Gasteiger partial charge < -0.3 is 10.1 Å². The molecule has 0 bridgehead atoms. The molecule has 1 aliphatic rings. The van der Waals surface area contributed by atoms with Crippen LogP contribution in [0.5, 0.6) is 5.88 Å². The third-order valence-electron chi connectivity index (χ3n) is 3.98. The van der Waals surface area contributed by atoms with Crippen molar-refractivity contribution >= 4 is 10.0 Å². The maximum absolute atomic E-state index is 11.3. The zero-order valence-corrected chi connectivity index (χ0v) is 14.2. The molecule has 0 amide bonds. The van der Waals surface area contributed by atoms with Gasteiger partial charge in [-0.2, -0.15) is 0 Å². The van der Waals surface area contributed by atoms with Crippen LogP contribution in [0, 0.1) is 12.8 Å². The van der Waals surface area contributed by atoms with E-state index in [1.807, 2.05) is 6.92 Å². The summed E-state index contributed by atoms with van der Waals surface area (Å²) in [5.74, 6) is 1.01. The predicted octanol–water partition coefficient (Wildman–Crippen LogP) is 1.58. The fourth-order valence-corrected chi connectivity index (χ4v) is 3.30. The number of rotatable bonds is 6. The summed E-state index contributed by atoms with van der Waals surface area (Å²) in [4.78, 5) is 3.99. The van der Waals surface area contributed by atoms with Crippen LogP contribution in [0.1, 0.15) is 38.7 Å². The van der Waals surface area contributed by atoms with Gasteiger partial charge in [-0.1, -0.05) is 6.07 Å². The molecule has 1 aromatic rings. The second kappa shape index (κ2) is 6.52. The number of ether oxygens (including phenoxy) is 1. The van der Waals surface area contributed by atoms with E-state index in [0.29, 0.717) is 18.4 Å². The first-order valence-corrected chi connectivity index (χ1v) is 9.10. The first-order chi connectivity index (χ1) is 10.2. The minimum absolute atomic E-state index is 0.158. The van der Waals surface area contributed by atoms with E-state index < -0.39 is 10.0 Å². The van der Waals surface area contributed by atoms with Gasteiger partial charge in [-0.3, -0.25) is 0 Å². The van der Waals surface area contributed by atoms with Crippen LogP contribution in [0.3, 0.4) is 0 Å². The fourth-order valence-electron chi connectivity index (χ4n) is 2.83. The lowest BCUT2D eigenvalue weighted by Gasteiger charge is -2.17. The van der Waals surface area contributed by atoms with Crippen molar-refractivity contribution in [2.75, 3.05) is 13.2 Å². The Labute approximate surface area is 132 Å². The minimum atomic E-state index is -3.80. The summed E-state index contributed by atoms with van der Waals surface area (Å²) in [5.41, 5.74) is 1.03. The Morgan fingerprint density at radius 3 is 2.77 bits per heavy atom. The first kappa shape index (κ1) is 17.2. The molecule has 6 nitrogen and oxygen atoms in total. The summed E-state index contributed by atoms with van der Waals surface area (Å²) in [7, 11) is -3.80. The van der Waals surface area contributed by atoms with Crippen LogP contribution in [-0.4, -0.2) is 32.1 Å². The quantitative estimate of drug-likeness (QED) is 0.774. The average Bonchev–Trinajstić information content (AvgIpc) is 2.75. The largest absolute Gasteiger partial charge is 0.477 e. The fraction of sp³-hybridized carbons (Fsp3) is 0.667. The van der Waals surface area contributed by atoms with Gasteiger partial charge in [-0.25, -0.2) is 18.5 Å². The minimum Gasteiger partial charge on any atom is -0.477 e. The van der Waals surface area contributed by atoms with E-state index in [2.05, 4.69) is 24.1 Å². The highest BCUT2D eigenvalue weighted by atomic mass is 32.2. The molecule has 124 valence electrons. The SMILES string of the molecule is Cc1ccc(S(N)(=O)=O)nc1OCCC[C@@H]1CNC(C)(C)C1. The van der Waals surface area contributed by atoms with Gasteiger partial charge in [0.15, 0.2) is 5.03 Å². The van der Waals surface area contributed by atoms with Crippen LogP contribution >= 0.6 is 0 Å². The Hall–Kier alpha value is -1.18. The first-order valence-electron chi connectivity index (χ1n) is 7.56. The molecule has 0 aliphatic carbocycles. The number of nitrogens with one attached hydrogen (secondary N) is 1. The summed E-state index contributed by atoms with van der Waals surface area (Å²) in [6.45, 7) is 7.84. The molecule has 0 unspecified atom stereocenters. The van der Waals surface area contributed by atoms with E-state index in [1.54, 1.807) is 6.07 Å². The molecule has 1 fully saturated rings. The van der Waals surface area contributed by atoms with Crippen LogP contribution in [0.4, 0.5) is 0 Å².